The van der Waals surface area contributed by atoms with Crippen LogP contribution >= 0.6 is 31.9 Å². The Morgan fingerprint density at radius 2 is 1.84 bits per heavy atom. The van der Waals surface area contributed by atoms with E-state index in [9.17, 15) is 4.79 Å². The predicted octanol–water partition coefficient (Wildman–Crippen LogP) is 5.33. The van der Waals surface area contributed by atoms with Gasteiger partial charge in [0.1, 0.15) is 12.4 Å². The first kappa shape index (κ1) is 22.8. The monoisotopic (exact) mass is 546 g/mol. The van der Waals surface area contributed by atoms with Gasteiger partial charge in [-0.15, -0.1) is 0 Å². The van der Waals surface area contributed by atoms with Crippen LogP contribution in [0.5, 0.6) is 17.2 Å². The van der Waals surface area contributed by atoms with Crippen LogP contribution < -0.4 is 19.6 Å². The lowest BCUT2D eigenvalue weighted by atomic mass is 10.2. The molecule has 6 nitrogen and oxygen atoms in total. The van der Waals surface area contributed by atoms with Crippen molar-refractivity contribution in [3.8, 4) is 17.2 Å². The van der Waals surface area contributed by atoms with Crippen molar-refractivity contribution in [3.63, 3.8) is 0 Å². The number of benzene rings is 3. The van der Waals surface area contributed by atoms with Gasteiger partial charge in [-0.2, -0.15) is 5.10 Å². The molecule has 1 N–H and O–H groups in total. The predicted molar refractivity (Wildman–Crippen MR) is 127 cm³/mol. The molecule has 0 atom stereocenters. The molecule has 0 bridgehead atoms. The number of nitrogens with zero attached hydrogens (tertiary/aromatic N) is 1. The summed E-state index contributed by atoms with van der Waals surface area (Å²) in [6.45, 7) is 0.268. The summed E-state index contributed by atoms with van der Waals surface area (Å²) in [6, 6.07) is 20.7. The molecule has 1 amide bonds. The first-order valence-corrected chi connectivity index (χ1v) is 10.9. The first-order chi connectivity index (χ1) is 15.0. The van der Waals surface area contributed by atoms with Crippen LogP contribution in [0, 0.1) is 0 Å². The zero-order valence-corrected chi connectivity index (χ0v) is 19.9. The van der Waals surface area contributed by atoms with E-state index in [1.54, 1.807) is 25.3 Å². The Hall–Kier alpha value is -2.84. The van der Waals surface area contributed by atoms with Crippen molar-refractivity contribution in [1.82, 2.24) is 5.43 Å². The van der Waals surface area contributed by atoms with Gasteiger partial charge in [-0.1, -0.05) is 52.3 Å². The van der Waals surface area contributed by atoms with Crippen molar-refractivity contribution in [2.75, 3.05) is 13.7 Å². The Morgan fingerprint density at radius 1 is 1.03 bits per heavy atom. The highest BCUT2D eigenvalue weighted by atomic mass is 79.9. The Morgan fingerprint density at radius 3 is 2.58 bits per heavy atom. The van der Waals surface area contributed by atoms with E-state index in [1.807, 2.05) is 48.5 Å². The van der Waals surface area contributed by atoms with Crippen LogP contribution in [0.2, 0.25) is 0 Å². The second-order valence-electron chi connectivity index (χ2n) is 6.35. The minimum Gasteiger partial charge on any atom is -0.493 e. The molecular weight excluding hydrogens is 528 g/mol. The topological polar surface area (TPSA) is 69.2 Å². The van der Waals surface area contributed by atoms with E-state index in [1.165, 1.54) is 6.21 Å². The van der Waals surface area contributed by atoms with Crippen LogP contribution in [-0.2, 0) is 11.4 Å². The summed E-state index contributed by atoms with van der Waals surface area (Å²) in [5.74, 6) is 1.37. The number of ether oxygens (including phenoxy) is 3. The molecule has 0 aliphatic heterocycles. The minimum absolute atomic E-state index is 0.146. The van der Waals surface area contributed by atoms with E-state index >= 15 is 0 Å². The molecule has 0 aromatic heterocycles. The molecular formula is C23H20Br2N2O4. The lowest BCUT2D eigenvalue weighted by Gasteiger charge is -2.13. The first-order valence-electron chi connectivity index (χ1n) is 9.29. The number of nitrogens with one attached hydrogen (secondary N) is 1. The van der Waals surface area contributed by atoms with E-state index in [0.29, 0.717) is 28.3 Å². The normalized spacial score (nSPS) is 10.7. The zero-order chi connectivity index (χ0) is 22.1. The maximum absolute atomic E-state index is 11.9. The molecule has 0 radical (unpaired) electrons. The van der Waals surface area contributed by atoms with Crippen LogP contribution in [0.4, 0.5) is 0 Å². The number of amides is 1. The van der Waals surface area contributed by atoms with E-state index in [4.69, 9.17) is 14.2 Å². The summed E-state index contributed by atoms with van der Waals surface area (Å²) in [6.07, 6.45) is 1.52. The van der Waals surface area contributed by atoms with Gasteiger partial charge in [0.2, 0.25) is 0 Å². The second-order valence-corrected chi connectivity index (χ2v) is 8.12. The Kier molecular flexibility index (Phi) is 8.49. The third-order valence-corrected chi connectivity index (χ3v) is 5.13. The maximum Gasteiger partial charge on any atom is 0.277 e. The molecule has 8 heteroatoms. The largest absolute Gasteiger partial charge is 0.493 e. The van der Waals surface area contributed by atoms with E-state index in [0.717, 1.165) is 15.6 Å². The number of methoxy groups -OCH3 is 1. The van der Waals surface area contributed by atoms with Gasteiger partial charge in [0.15, 0.2) is 18.1 Å². The minimum atomic E-state index is -0.370. The van der Waals surface area contributed by atoms with Crippen LogP contribution in [0.25, 0.3) is 0 Å². The van der Waals surface area contributed by atoms with Crippen LogP contribution in [0.1, 0.15) is 11.1 Å². The zero-order valence-electron chi connectivity index (χ0n) is 16.7. The standard InChI is InChI=1S/C23H20Br2N2O4/c1-29-21-11-17(10-20(25)23(21)31-14-16-6-3-2-4-7-16)13-26-27-22(28)15-30-19-9-5-8-18(24)12-19/h2-13H,14-15H2,1H3,(H,27,28)/b26-13+. The molecule has 0 heterocycles. The summed E-state index contributed by atoms with van der Waals surface area (Å²) in [5.41, 5.74) is 4.22. The van der Waals surface area contributed by atoms with Crippen molar-refractivity contribution >= 4 is 44.0 Å². The fraction of sp³-hybridized carbons (Fsp3) is 0.130. The third kappa shape index (κ3) is 7.11. The van der Waals surface area contributed by atoms with Crippen LogP contribution in [0.15, 0.2) is 80.8 Å². The summed E-state index contributed by atoms with van der Waals surface area (Å²) in [4.78, 5) is 11.9. The number of halogens is 2. The van der Waals surface area contributed by atoms with E-state index < -0.39 is 0 Å². The highest BCUT2D eigenvalue weighted by Gasteiger charge is 2.11. The van der Waals surface area contributed by atoms with Crippen molar-refractivity contribution < 1.29 is 19.0 Å². The Labute approximate surface area is 197 Å². The Bertz CT molecular complexity index is 1060. The lowest BCUT2D eigenvalue weighted by Crippen LogP contribution is -2.24. The smallest absolute Gasteiger partial charge is 0.277 e. The molecule has 3 aromatic carbocycles. The lowest BCUT2D eigenvalue weighted by molar-refractivity contribution is -0.123. The molecule has 0 saturated heterocycles. The quantitative estimate of drug-likeness (QED) is 0.290. The fourth-order valence-electron chi connectivity index (χ4n) is 2.60. The number of rotatable bonds is 9. The average molecular weight is 548 g/mol. The van der Waals surface area contributed by atoms with Gasteiger partial charge in [0.05, 0.1) is 17.8 Å². The van der Waals surface area contributed by atoms with Gasteiger partial charge < -0.3 is 14.2 Å². The molecule has 31 heavy (non-hydrogen) atoms. The Balaban J connectivity index is 1.57. The molecule has 3 rings (SSSR count). The molecule has 0 unspecified atom stereocenters. The van der Waals surface area contributed by atoms with Crippen molar-refractivity contribution in [2.45, 2.75) is 6.61 Å². The molecule has 160 valence electrons. The van der Waals surface area contributed by atoms with Crippen molar-refractivity contribution in [2.24, 2.45) is 5.10 Å². The SMILES string of the molecule is COc1cc(/C=N/NC(=O)COc2cccc(Br)c2)cc(Br)c1OCc1ccccc1. The van der Waals surface area contributed by atoms with E-state index in [-0.39, 0.29) is 12.5 Å². The van der Waals surface area contributed by atoms with Gasteiger partial charge in [-0.3, -0.25) is 4.79 Å². The fourth-order valence-corrected chi connectivity index (χ4v) is 3.55. The van der Waals surface area contributed by atoms with Gasteiger partial charge in [-0.05, 0) is 57.4 Å². The number of hydrogen-bond donors (Lipinski definition) is 1. The van der Waals surface area contributed by atoms with Crippen LogP contribution in [0.3, 0.4) is 0 Å². The molecule has 0 fully saturated rings. The van der Waals surface area contributed by atoms with Crippen molar-refractivity contribution in [1.29, 1.82) is 0 Å². The number of carbonyl (C=O) groups is 1. The number of hydrazone groups is 1. The molecule has 0 saturated carbocycles. The van der Waals surface area contributed by atoms with Crippen LogP contribution in [-0.4, -0.2) is 25.8 Å². The van der Waals surface area contributed by atoms with Gasteiger partial charge in [-0.25, -0.2) is 5.43 Å². The average Bonchev–Trinajstić information content (AvgIpc) is 2.77. The number of carbonyl (C=O) groups excluding carboxylic acids is 1. The summed E-state index contributed by atoms with van der Waals surface area (Å²) in [5, 5.41) is 3.98. The molecule has 0 spiro atoms. The second kappa shape index (κ2) is 11.5. The summed E-state index contributed by atoms with van der Waals surface area (Å²) < 4.78 is 18.4. The molecule has 0 aliphatic rings. The van der Waals surface area contributed by atoms with E-state index in [2.05, 4.69) is 42.4 Å². The highest BCUT2D eigenvalue weighted by Crippen LogP contribution is 2.36. The van der Waals surface area contributed by atoms with Gasteiger partial charge in [0, 0.05) is 4.47 Å². The van der Waals surface area contributed by atoms with Gasteiger partial charge >= 0.3 is 0 Å². The van der Waals surface area contributed by atoms with Crippen molar-refractivity contribution in [3.05, 3.63) is 86.8 Å². The number of hydrogen-bond acceptors (Lipinski definition) is 5. The molecule has 3 aromatic rings. The summed E-state index contributed by atoms with van der Waals surface area (Å²) >= 11 is 6.87. The summed E-state index contributed by atoms with van der Waals surface area (Å²) in [7, 11) is 1.57. The highest BCUT2D eigenvalue weighted by molar-refractivity contribution is 9.10. The molecule has 0 aliphatic carbocycles. The third-order valence-electron chi connectivity index (χ3n) is 4.05. The maximum atomic E-state index is 11.9. The van der Waals surface area contributed by atoms with Gasteiger partial charge in [0.25, 0.3) is 5.91 Å².